The van der Waals surface area contributed by atoms with E-state index in [2.05, 4.69) is 0 Å². The van der Waals surface area contributed by atoms with Crippen LogP contribution >= 0.6 is 0 Å². The highest BCUT2D eigenvalue weighted by atomic mass is 16.6. The number of aromatic carboxylic acids is 1. The molecule has 22 heavy (non-hydrogen) atoms. The number of hydrogen-bond acceptors (Lipinski definition) is 5. The third kappa shape index (κ3) is 2.98. The Balaban J connectivity index is 2.65. The zero-order chi connectivity index (χ0) is 16.3. The second-order valence-corrected chi connectivity index (χ2v) is 4.40. The van der Waals surface area contributed by atoms with Gasteiger partial charge in [-0.2, -0.15) is 0 Å². The molecule has 7 heteroatoms. The van der Waals surface area contributed by atoms with E-state index in [1.54, 1.807) is 18.2 Å². The molecule has 0 unspecified atom stereocenters. The molecule has 1 N–H and O–H groups in total. The van der Waals surface area contributed by atoms with Gasteiger partial charge in [-0.1, -0.05) is 0 Å². The number of methoxy groups -OCH3 is 2. The number of carboxylic acids is 1. The smallest absolute Gasteiger partial charge is 0.335 e. The number of nitro groups is 1. The quantitative estimate of drug-likeness (QED) is 0.673. The van der Waals surface area contributed by atoms with Crippen LogP contribution in [0.3, 0.4) is 0 Å². The third-order valence-electron chi connectivity index (χ3n) is 3.10. The summed E-state index contributed by atoms with van der Waals surface area (Å²) in [6.07, 6.45) is 0. The summed E-state index contributed by atoms with van der Waals surface area (Å²) in [6, 6.07) is 8.62. The Kier molecular flexibility index (Phi) is 4.26. The lowest BCUT2D eigenvalue weighted by molar-refractivity contribution is -0.384. The molecule has 0 atom stereocenters. The zero-order valence-corrected chi connectivity index (χ0v) is 11.9. The predicted octanol–water partition coefficient (Wildman–Crippen LogP) is 2.98. The van der Waals surface area contributed by atoms with E-state index in [0.717, 1.165) is 6.07 Å². The molecule has 0 spiro atoms. The maximum Gasteiger partial charge on any atom is 0.335 e. The van der Waals surface area contributed by atoms with E-state index >= 15 is 0 Å². The van der Waals surface area contributed by atoms with E-state index in [4.69, 9.17) is 14.6 Å². The Morgan fingerprint density at radius 1 is 1.14 bits per heavy atom. The average molecular weight is 303 g/mol. The van der Waals surface area contributed by atoms with Crippen LogP contribution in [0.4, 0.5) is 5.69 Å². The Bertz CT molecular complexity index is 709. The van der Waals surface area contributed by atoms with Gasteiger partial charge in [-0.15, -0.1) is 0 Å². The van der Waals surface area contributed by atoms with Crippen LogP contribution in [0.15, 0.2) is 36.4 Å². The summed E-state index contributed by atoms with van der Waals surface area (Å²) in [7, 11) is 2.96. The maximum absolute atomic E-state index is 11.1. The molecule has 0 amide bonds. The van der Waals surface area contributed by atoms with Crippen molar-refractivity contribution in [2.24, 2.45) is 0 Å². The van der Waals surface area contributed by atoms with Crippen LogP contribution in [0.1, 0.15) is 10.4 Å². The fourth-order valence-corrected chi connectivity index (χ4v) is 2.03. The number of carboxylic acid groups (broad SMARTS) is 1. The van der Waals surface area contributed by atoms with Gasteiger partial charge >= 0.3 is 5.97 Å². The van der Waals surface area contributed by atoms with Crippen LogP contribution in [-0.2, 0) is 0 Å². The van der Waals surface area contributed by atoms with Gasteiger partial charge in [0.2, 0.25) is 0 Å². The molecule has 0 radical (unpaired) electrons. The fraction of sp³-hybridized carbons (Fsp3) is 0.133. The number of carbonyl (C=O) groups is 1. The van der Waals surface area contributed by atoms with Crippen molar-refractivity contribution in [2.45, 2.75) is 0 Å². The van der Waals surface area contributed by atoms with E-state index in [9.17, 15) is 14.9 Å². The summed E-state index contributed by atoms with van der Waals surface area (Å²) in [5.41, 5.74) is 0.454. The number of nitrogens with zero attached hydrogens (tertiary/aromatic N) is 1. The molecule has 0 bridgehead atoms. The topological polar surface area (TPSA) is 98.9 Å². The first-order valence-electron chi connectivity index (χ1n) is 6.21. The molecule has 0 fully saturated rings. The van der Waals surface area contributed by atoms with Crippen LogP contribution in [-0.4, -0.2) is 30.2 Å². The second kappa shape index (κ2) is 6.13. The number of hydrogen-bond donors (Lipinski definition) is 1. The highest BCUT2D eigenvalue weighted by Gasteiger charge is 2.17. The molecule has 0 aliphatic carbocycles. The highest BCUT2D eigenvalue weighted by Crippen LogP contribution is 2.35. The first kappa shape index (κ1) is 15.3. The SMILES string of the molecule is COc1ccc(-c2cc(C(=O)O)cc([N+](=O)[O-])c2)c(OC)c1. The van der Waals surface area contributed by atoms with Crippen LogP contribution in [0.2, 0.25) is 0 Å². The summed E-state index contributed by atoms with van der Waals surface area (Å²) in [5.74, 6) is -0.252. The summed E-state index contributed by atoms with van der Waals surface area (Å²) in [5, 5.41) is 20.1. The van der Waals surface area contributed by atoms with Gasteiger partial charge in [0.05, 0.1) is 24.7 Å². The Labute approximate surface area is 125 Å². The van der Waals surface area contributed by atoms with Crippen molar-refractivity contribution in [1.82, 2.24) is 0 Å². The standard InChI is InChI=1S/C15H13NO6/c1-21-12-3-4-13(14(8-12)22-2)9-5-10(15(17)18)7-11(6-9)16(19)20/h3-8H,1-2H3,(H,17,18). The summed E-state index contributed by atoms with van der Waals surface area (Å²) in [4.78, 5) is 21.5. The second-order valence-electron chi connectivity index (χ2n) is 4.40. The monoisotopic (exact) mass is 303 g/mol. The van der Waals surface area contributed by atoms with E-state index in [1.807, 2.05) is 0 Å². The normalized spacial score (nSPS) is 10.1. The van der Waals surface area contributed by atoms with Gasteiger partial charge in [0.15, 0.2) is 0 Å². The van der Waals surface area contributed by atoms with Crippen LogP contribution in [0.25, 0.3) is 11.1 Å². The van der Waals surface area contributed by atoms with Gasteiger partial charge in [0.1, 0.15) is 11.5 Å². The Morgan fingerprint density at radius 3 is 2.41 bits per heavy atom. The van der Waals surface area contributed by atoms with Crippen LogP contribution in [0.5, 0.6) is 11.5 Å². The van der Waals surface area contributed by atoms with Crippen molar-refractivity contribution in [2.75, 3.05) is 14.2 Å². The summed E-state index contributed by atoms with van der Waals surface area (Å²) >= 11 is 0. The molecule has 2 aromatic carbocycles. The number of benzene rings is 2. The summed E-state index contributed by atoms with van der Waals surface area (Å²) in [6.45, 7) is 0. The first-order valence-corrected chi connectivity index (χ1v) is 6.21. The molecule has 114 valence electrons. The lowest BCUT2D eigenvalue weighted by Gasteiger charge is -2.11. The number of ether oxygens (including phenoxy) is 2. The van der Waals surface area contributed by atoms with Crippen molar-refractivity contribution < 1.29 is 24.3 Å². The van der Waals surface area contributed by atoms with E-state index in [0.29, 0.717) is 22.6 Å². The van der Waals surface area contributed by atoms with Gasteiger partial charge in [-0.25, -0.2) is 4.79 Å². The molecule has 0 aliphatic rings. The van der Waals surface area contributed by atoms with Crippen molar-refractivity contribution >= 4 is 11.7 Å². The number of rotatable bonds is 5. The first-order chi connectivity index (χ1) is 10.5. The van der Waals surface area contributed by atoms with Gasteiger partial charge in [-0.05, 0) is 23.8 Å². The minimum absolute atomic E-state index is 0.165. The van der Waals surface area contributed by atoms with Crippen molar-refractivity contribution in [3.8, 4) is 22.6 Å². The molecule has 2 rings (SSSR count). The van der Waals surface area contributed by atoms with Gasteiger partial charge in [-0.3, -0.25) is 10.1 Å². The predicted molar refractivity (Wildman–Crippen MR) is 78.6 cm³/mol. The fourth-order valence-electron chi connectivity index (χ4n) is 2.03. The average Bonchev–Trinajstić information content (AvgIpc) is 2.53. The van der Waals surface area contributed by atoms with Crippen LogP contribution in [0, 0.1) is 10.1 Å². The number of non-ortho nitro benzene ring substituents is 1. The van der Waals surface area contributed by atoms with Crippen molar-refractivity contribution in [3.05, 3.63) is 52.1 Å². The molecule has 0 saturated heterocycles. The molecule has 0 saturated carbocycles. The molecule has 0 heterocycles. The van der Waals surface area contributed by atoms with Gasteiger partial charge in [0.25, 0.3) is 5.69 Å². The largest absolute Gasteiger partial charge is 0.497 e. The summed E-state index contributed by atoms with van der Waals surface area (Å²) < 4.78 is 10.3. The van der Waals surface area contributed by atoms with E-state index < -0.39 is 10.9 Å². The molecule has 2 aromatic rings. The lowest BCUT2D eigenvalue weighted by Crippen LogP contribution is -2.00. The van der Waals surface area contributed by atoms with Crippen molar-refractivity contribution in [3.63, 3.8) is 0 Å². The third-order valence-corrected chi connectivity index (χ3v) is 3.10. The Morgan fingerprint density at radius 2 is 1.86 bits per heavy atom. The molecule has 0 aromatic heterocycles. The lowest BCUT2D eigenvalue weighted by atomic mass is 10.0. The van der Waals surface area contributed by atoms with Gasteiger partial charge in [0, 0.05) is 23.8 Å². The molecular weight excluding hydrogens is 290 g/mol. The zero-order valence-electron chi connectivity index (χ0n) is 11.9. The van der Waals surface area contributed by atoms with Crippen molar-refractivity contribution in [1.29, 1.82) is 0 Å². The molecule has 7 nitrogen and oxygen atoms in total. The molecule has 0 aliphatic heterocycles. The number of nitro benzene ring substituents is 1. The minimum atomic E-state index is -1.24. The van der Waals surface area contributed by atoms with Gasteiger partial charge < -0.3 is 14.6 Å². The van der Waals surface area contributed by atoms with E-state index in [1.165, 1.54) is 26.4 Å². The minimum Gasteiger partial charge on any atom is -0.497 e. The highest BCUT2D eigenvalue weighted by molar-refractivity contribution is 5.91. The van der Waals surface area contributed by atoms with E-state index in [-0.39, 0.29) is 11.3 Å². The molecular formula is C15H13NO6. The maximum atomic E-state index is 11.1. The Hall–Kier alpha value is -3.09. The van der Waals surface area contributed by atoms with Crippen LogP contribution < -0.4 is 9.47 Å².